The van der Waals surface area contributed by atoms with E-state index in [9.17, 15) is 4.79 Å². The number of aromatic nitrogens is 1. The molecule has 1 atom stereocenters. The van der Waals surface area contributed by atoms with Crippen LogP contribution in [-0.2, 0) is 4.74 Å². The standard InChI is InChI=1S/C11H13ClN2O2/c1-8-7-16-5-4-14(8)11(15)9-2-3-13-10(12)6-9/h2-3,6,8H,4-5,7H2,1H3. The highest BCUT2D eigenvalue weighted by atomic mass is 35.5. The minimum Gasteiger partial charge on any atom is -0.377 e. The van der Waals surface area contributed by atoms with Crippen LogP contribution in [0.4, 0.5) is 0 Å². The average molecular weight is 241 g/mol. The van der Waals surface area contributed by atoms with Gasteiger partial charge < -0.3 is 9.64 Å². The lowest BCUT2D eigenvalue weighted by atomic mass is 10.2. The summed E-state index contributed by atoms with van der Waals surface area (Å²) in [5.41, 5.74) is 0.578. The fourth-order valence-corrected chi connectivity index (χ4v) is 1.90. The van der Waals surface area contributed by atoms with Crippen LogP contribution in [0.25, 0.3) is 0 Å². The van der Waals surface area contributed by atoms with Crippen LogP contribution in [0.5, 0.6) is 0 Å². The third kappa shape index (κ3) is 2.33. The van der Waals surface area contributed by atoms with Crippen LogP contribution in [-0.4, -0.2) is 41.6 Å². The second-order valence-corrected chi connectivity index (χ2v) is 4.18. The summed E-state index contributed by atoms with van der Waals surface area (Å²) in [5.74, 6) is -0.0138. The number of halogens is 1. The Morgan fingerprint density at radius 3 is 3.19 bits per heavy atom. The normalized spacial score (nSPS) is 20.9. The van der Waals surface area contributed by atoms with Gasteiger partial charge in [0, 0.05) is 18.3 Å². The molecule has 5 heteroatoms. The first kappa shape index (κ1) is 11.4. The van der Waals surface area contributed by atoms with Crippen molar-refractivity contribution in [3.63, 3.8) is 0 Å². The average Bonchev–Trinajstić information content (AvgIpc) is 2.29. The molecule has 2 heterocycles. The lowest BCUT2D eigenvalue weighted by Gasteiger charge is -2.33. The number of carbonyl (C=O) groups excluding carboxylic acids is 1. The summed E-state index contributed by atoms with van der Waals surface area (Å²) < 4.78 is 5.29. The lowest BCUT2D eigenvalue weighted by molar-refractivity contribution is 0.00359. The molecule has 0 aliphatic carbocycles. The van der Waals surface area contributed by atoms with Crippen LogP contribution in [0.15, 0.2) is 18.3 Å². The molecule has 1 amide bonds. The van der Waals surface area contributed by atoms with E-state index >= 15 is 0 Å². The summed E-state index contributed by atoms with van der Waals surface area (Å²) in [4.78, 5) is 17.8. The third-order valence-corrected chi connectivity index (χ3v) is 2.81. The number of hydrogen-bond donors (Lipinski definition) is 0. The Morgan fingerprint density at radius 2 is 2.50 bits per heavy atom. The fraction of sp³-hybridized carbons (Fsp3) is 0.455. The van der Waals surface area contributed by atoms with E-state index in [0.717, 1.165) is 0 Å². The maximum absolute atomic E-state index is 12.1. The predicted molar refractivity (Wildman–Crippen MR) is 60.6 cm³/mol. The molecular weight excluding hydrogens is 228 g/mol. The van der Waals surface area contributed by atoms with E-state index in [4.69, 9.17) is 16.3 Å². The molecule has 86 valence electrons. The summed E-state index contributed by atoms with van der Waals surface area (Å²) >= 11 is 5.76. The molecule has 0 radical (unpaired) electrons. The summed E-state index contributed by atoms with van der Waals surface area (Å²) in [6, 6.07) is 3.37. The molecule has 0 saturated carbocycles. The summed E-state index contributed by atoms with van der Waals surface area (Å²) in [6.07, 6.45) is 1.54. The number of nitrogens with zero attached hydrogens (tertiary/aromatic N) is 2. The highest BCUT2D eigenvalue weighted by molar-refractivity contribution is 6.29. The van der Waals surface area contributed by atoms with Gasteiger partial charge in [-0.1, -0.05) is 11.6 Å². The SMILES string of the molecule is CC1COCCN1C(=O)c1ccnc(Cl)c1. The molecule has 1 aliphatic rings. The maximum Gasteiger partial charge on any atom is 0.254 e. The fourth-order valence-electron chi connectivity index (χ4n) is 1.73. The monoisotopic (exact) mass is 240 g/mol. The molecule has 16 heavy (non-hydrogen) atoms. The van der Waals surface area contributed by atoms with Gasteiger partial charge in [-0.2, -0.15) is 0 Å². The van der Waals surface area contributed by atoms with Gasteiger partial charge >= 0.3 is 0 Å². The van der Waals surface area contributed by atoms with E-state index < -0.39 is 0 Å². The molecular formula is C11H13ClN2O2. The number of rotatable bonds is 1. The lowest BCUT2D eigenvalue weighted by Crippen LogP contribution is -2.47. The summed E-state index contributed by atoms with van der Waals surface area (Å²) in [6.45, 7) is 3.78. The predicted octanol–water partition coefficient (Wildman–Crippen LogP) is 1.60. The van der Waals surface area contributed by atoms with E-state index in [1.165, 1.54) is 0 Å². The summed E-state index contributed by atoms with van der Waals surface area (Å²) in [7, 11) is 0. The van der Waals surface area contributed by atoms with Crippen molar-refractivity contribution in [2.75, 3.05) is 19.8 Å². The van der Waals surface area contributed by atoms with Crippen LogP contribution < -0.4 is 0 Å². The second kappa shape index (κ2) is 4.80. The molecule has 4 nitrogen and oxygen atoms in total. The molecule has 0 bridgehead atoms. The zero-order valence-corrected chi connectivity index (χ0v) is 9.78. The zero-order chi connectivity index (χ0) is 11.5. The molecule has 1 aromatic heterocycles. The van der Waals surface area contributed by atoms with E-state index in [2.05, 4.69) is 4.98 Å². The molecule has 1 fully saturated rings. The van der Waals surface area contributed by atoms with E-state index in [1.807, 2.05) is 6.92 Å². The van der Waals surface area contributed by atoms with E-state index in [0.29, 0.717) is 30.5 Å². The first-order chi connectivity index (χ1) is 7.68. The molecule has 0 N–H and O–H groups in total. The molecule has 1 aromatic rings. The summed E-state index contributed by atoms with van der Waals surface area (Å²) in [5, 5.41) is 0.340. The van der Waals surface area contributed by atoms with Crippen LogP contribution in [0.3, 0.4) is 0 Å². The number of morpholine rings is 1. The van der Waals surface area contributed by atoms with Gasteiger partial charge in [0.15, 0.2) is 0 Å². The van der Waals surface area contributed by atoms with Crippen molar-refractivity contribution in [3.8, 4) is 0 Å². The Hall–Kier alpha value is -1.13. The molecule has 0 spiro atoms. The Labute approximate surface area is 99.2 Å². The topological polar surface area (TPSA) is 42.4 Å². The van der Waals surface area contributed by atoms with Gasteiger partial charge in [-0.05, 0) is 19.1 Å². The number of carbonyl (C=O) groups is 1. The minimum atomic E-state index is -0.0138. The Balaban J connectivity index is 2.17. The van der Waals surface area contributed by atoms with Crippen molar-refractivity contribution < 1.29 is 9.53 Å². The van der Waals surface area contributed by atoms with Gasteiger partial charge in [0.1, 0.15) is 5.15 Å². The first-order valence-corrected chi connectivity index (χ1v) is 5.56. The van der Waals surface area contributed by atoms with Crippen LogP contribution in [0, 0.1) is 0 Å². The van der Waals surface area contributed by atoms with Crippen LogP contribution >= 0.6 is 11.6 Å². The van der Waals surface area contributed by atoms with Gasteiger partial charge in [0.25, 0.3) is 5.91 Å². The van der Waals surface area contributed by atoms with Gasteiger partial charge in [-0.25, -0.2) is 4.98 Å². The molecule has 1 saturated heterocycles. The number of amides is 1. The molecule has 2 rings (SSSR count). The van der Waals surface area contributed by atoms with Crippen molar-refractivity contribution in [1.29, 1.82) is 0 Å². The smallest absolute Gasteiger partial charge is 0.254 e. The quantitative estimate of drug-likeness (QED) is 0.701. The second-order valence-electron chi connectivity index (χ2n) is 3.79. The van der Waals surface area contributed by atoms with Crippen LogP contribution in [0.1, 0.15) is 17.3 Å². The first-order valence-electron chi connectivity index (χ1n) is 5.19. The Bertz CT molecular complexity index is 397. The van der Waals surface area contributed by atoms with Crippen LogP contribution in [0.2, 0.25) is 5.15 Å². The van der Waals surface area contributed by atoms with Gasteiger partial charge in [0.2, 0.25) is 0 Å². The van der Waals surface area contributed by atoms with E-state index in [1.54, 1.807) is 23.2 Å². The number of ether oxygens (including phenoxy) is 1. The van der Waals surface area contributed by atoms with Crippen molar-refractivity contribution in [3.05, 3.63) is 29.0 Å². The van der Waals surface area contributed by atoms with E-state index in [-0.39, 0.29) is 11.9 Å². The largest absolute Gasteiger partial charge is 0.377 e. The minimum absolute atomic E-state index is 0.0138. The molecule has 1 unspecified atom stereocenters. The highest BCUT2D eigenvalue weighted by Gasteiger charge is 2.24. The third-order valence-electron chi connectivity index (χ3n) is 2.60. The molecule has 1 aliphatic heterocycles. The molecule has 0 aromatic carbocycles. The van der Waals surface area contributed by atoms with Gasteiger partial charge in [-0.15, -0.1) is 0 Å². The van der Waals surface area contributed by atoms with Crippen molar-refractivity contribution in [2.45, 2.75) is 13.0 Å². The van der Waals surface area contributed by atoms with Gasteiger partial charge in [-0.3, -0.25) is 4.79 Å². The van der Waals surface area contributed by atoms with Crippen molar-refractivity contribution in [1.82, 2.24) is 9.88 Å². The van der Waals surface area contributed by atoms with Crippen molar-refractivity contribution in [2.24, 2.45) is 0 Å². The Kier molecular flexibility index (Phi) is 3.41. The maximum atomic E-state index is 12.1. The van der Waals surface area contributed by atoms with Gasteiger partial charge in [0.05, 0.1) is 19.3 Å². The van der Waals surface area contributed by atoms with Crippen molar-refractivity contribution >= 4 is 17.5 Å². The highest BCUT2D eigenvalue weighted by Crippen LogP contribution is 2.14. The number of hydrogen-bond acceptors (Lipinski definition) is 3. The number of pyridine rings is 1. The zero-order valence-electron chi connectivity index (χ0n) is 9.02. The Morgan fingerprint density at radius 1 is 1.69 bits per heavy atom.